The Hall–Kier alpha value is -2.55. The third-order valence-electron chi connectivity index (χ3n) is 4.53. The summed E-state index contributed by atoms with van der Waals surface area (Å²) in [5, 5.41) is 23.9. The molecule has 0 radical (unpaired) electrons. The maximum atomic E-state index is 12.4. The maximum Gasteiger partial charge on any atom is 0.222 e. The Bertz CT molecular complexity index is 711. The zero-order chi connectivity index (χ0) is 17.8. The van der Waals surface area contributed by atoms with E-state index in [-0.39, 0.29) is 30.4 Å². The van der Waals surface area contributed by atoms with Crippen molar-refractivity contribution in [2.24, 2.45) is 5.92 Å². The van der Waals surface area contributed by atoms with Crippen molar-refractivity contribution in [3.63, 3.8) is 0 Å². The lowest BCUT2D eigenvalue weighted by Gasteiger charge is -2.38. The molecule has 2 aromatic heterocycles. The predicted molar refractivity (Wildman–Crippen MR) is 87.6 cm³/mol. The highest BCUT2D eigenvalue weighted by atomic mass is 16.5. The van der Waals surface area contributed by atoms with Crippen molar-refractivity contribution in [2.45, 2.75) is 44.9 Å². The van der Waals surface area contributed by atoms with Crippen LogP contribution < -0.4 is 10.1 Å². The smallest absolute Gasteiger partial charge is 0.222 e. The van der Waals surface area contributed by atoms with E-state index in [1.165, 1.54) is 0 Å². The van der Waals surface area contributed by atoms with Gasteiger partial charge in [0.25, 0.3) is 0 Å². The van der Waals surface area contributed by atoms with Crippen molar-refractivity contribution in [3.05, 3.63) is 29.7 Å². The maximum absolute atomic E-state index is 12.4. The molecule has 0 aliphatic heterocycles. The summed E-state index contributed by atoms with van der Waals surface area (Å²) >= 11 is 0. The molecule has 3 rings (SSSR count). The molecule has 9 heteroatoms. The molecular formula is C16H22N6O3. The van der Waals surface area contributed by atoms with Crippen LogP contribution in [0.1, 0.15) is 36.7 Å². The normalized spacial score (nSPS) is 20.6. The van der Waals surface area contributed by atoms with E-state index in [4.69, 9.17) is 4.74 Å². The number of carbonyl (C=O) groups excluding carboxylic acids is 1. The lowest BCUT2D eigenvalue weighted by molar-refractivity contribution is -0.123. The van der Waals surface area contributed by atoms with Gasteiger partial charge in [0.15, 0.2) is 0 Å². The van der Waals surface area contributed by atoms with Crippen molar-refractivity contribution >= 4 is 5.91 Å². The fourth-order valence-corrected chi connectivity index (χ4v) is 2.98. The number of carbonyl (C=O) groups is 1. The zero-order valence-corrected chi connectivity index (χ0v) is 14.3. The standard InChI is InChI=1S/C16H22N6O3/c1-10-19-20-21-22(10)6-5-14(24)18-16(12-7-13(23)8-12)11-3-4-15(25-2)17-9-11/h3-4,9,12-13,16,23H,5-8H2,1-2H3,(H,18,24)/t12?,13?,16-/m1/s1. The van der Waals surface area contributed by atoms with E-state index in [2.05, 4.69) is 25.8 Å². The van der Waals surface area contributed by atoms with Gasteiger partial charge in [-0.2, -0.15) is 0 Å². The van der Waals surface area contributed by atoms with Crippen LogP contribution in [0.5, 0.6) is 5.88 Å². The van der Waals surface area contributed by atoms with Crippen molar-refractivity contribution in [3.8, 4) is 5.88 Å². The number of rotatable bonds is 7. The molecule has 0 bridgehead atoms. The number of aryl methyl sites for hydroxylation is 2. The molecule has 1 aliphatic carbocycles. The summed E-state index contributed by atoms with van der Waals surface area (Å²) in [6.07, 6.45) is 3.03. The Labute approximate surface area is 145 Å². The first-order valence-corrected chi connectivity index (χ1v) is 8.27. The lowest BCUT2D eigenvalue weighted by atomic mass is 9.75. The third kappa shape index (κ3) is 4.11. The van der Waals surface area contributed by atoms with Crippen molar-refractivity contribution in [2.75, 3.05) is 7.11 Å². The number of hydrogen-bond donors (Lipinski definition) is 2. The Kier molecular flexibility index (Phi) is 5.22. The molecule has 0 spiro atoms. The van der Waals surface area contributed by atoms with E-state index in [0.717, 1.165) is 5.56 Å². The van der Waals surface area contributed by atoms with Gasteiger partial charge in [0, 0.05) is 18.7 Å². The number of aliphatic hydroxyl groups is 1. The van der Waals surface area contributed by atoms with Crippen LogP contribution in [-0.4, -0.2) is 49.4 Å². The molecule has 134 valence electrons. The van der Waals surface area contributed by atoms with E-state index in [1.807, 2.05) is 6.07 Å². The van der Waals surface area contributed by atoms with Gasteiger partial charge < -0.3 is 15.2 Å². The number of aliphatic hydroxyl groups excluding tert-OH is 1. The number of pyridine rings is 1. The SMILES string of the molecule is COc1ccc([C@@H](NC(=O)CCn2nnnc2C)C2CC(O)C2)cn1. The second-order valence-corrected chi connectivity index (χ2v) is 6.26. The van der Waals surface area contributed by atoms with E-state index >= 15 is 0 Å². The summed E-state index contributed by atoms with van der Waals surface area (Å²) in [6.45, 7) is 2.21. The average molecular weight is 346 g/mol. The largest absolute Gasteiger partial charge is 0.481 e. The van der Waals surface area contributed by atoms with Gasteiger partial charge in [-0.05, 0) is 41.7 Å². The number of aromatic nitrogens is 5. The van der Waals surface area contributed by atoms with Crippen LogP contribution in [0, 0.1) is 12.8 Å². The number of methoxy groups -OCH3 is 1. The zero-order valence-electron chi connectivity index (χ0n) is 14.3. The average Bonchev–Trinajstić information content (AvgIpc) is 3.00. The molecule has 1 amide bonds. The molecule has 0 saturated heterocycles. The fourth-order valence-electron chi connectivity index (χ4n) is 2.98. The highest BCUT2D eigenvalue weighted by Crippen LogP contribution is 2.38. The number of nitrogens with one attached hydrogen (secondary N) is 1. The molecule has 1 fully saturated rings. The Morgan fingerprint density at radius 1 is 1.48 bits per heavy atom. The Balaban J connectivity index is 1.64. The van der Waals surface area contributed by atoms with Crippen LogP contribution in [0.25, 0.3) is 0 Å². The van der Waals surface area contributed by atoms with Gasteiger partial charge in [-0.15, -0.1) is 5.10 Å². The number of amides is 1. The van der Waals surface area contributed by atoms with Gasteiger partial charge in [-0.25, -0.2) is 9.67 Å². The van der Waals surface area contributed by atoms with E-state index in [1.54, 1.807) is 31.0 Å². The van der Waals surface area contributed by atoms with Crippen molar-refractivity contribution in [1.82, 2.24) is 30.5 Å². The minimum Gasteiger partial charge on any atom is -0.481 e. The molecule has 2 N–H and O–H groups in total. The van der Waals surface area contributed by atoms with Crippen LogP contribution in [0.15, 0.2) is 18.3 Å². The number of ether oxygens (including phenoxy) is 1. The molecule has 0 unspecified atom stereocenters. The van der Waals surface area contributed by atoms with E-state index in [9.17, 15) is 9.90 Å². The van der Waals surface area contributed by atoms with Crippen LogP contribution in [-0.2, 0) is 11.3 Å². The van der Waals surface area contributed by atoms with Crippen molar-refractivity contribution in [1.29, 1.82) is 0 Å². The first-order valence-electron chi connectivity index (χ1n) is 8.27. The number of hydrogen-bond acceptors (Lipinski definition) is 7. The molecular weight excluding hydrogens is 324 g/mol. The third-order valence-corrected chi connectivity index (χ3v) is 4.53. The molecule has 2 aromatic rings. The number of nitrogens with zero attached hydrogens (tertiary/aromatic N) is 5. The first kappa shape index (κ1) is 17.3. The van der Waals surface area contributed by atoms with Crippen LogP contribution >= 0.6 is 0 Å². The van der Waals surface area contributed by atoms with Crippen LogP contribution in [0.2, 0.25) is 0 Å². The predicted octanol–water partition coefficient (Wildman–Crippen LogP) is 0.404. The summed E-state index contributed by atoms with van der Waals surface area (Å²) in [4.78, 5) is 16.6. The number of tetrazole rings is 1. The van der Waals surface area contributed by atoms with Gasteiger partial charge in [0.05, 0.1) is 25.8 Å². The lowest BCUT2D eigenvalue weighted by Crippen LogP contribution is -2.41. The summed E-state index contributed by atoms with van der Waals surface area (Å²) in [5.41, 5.74) is 0.907. The second kappa shape index (κ2) is 7.56. The molecule has 25 heavy (non-hydrogen) atoms. The van der Waals surface area contributed by atoms with E-state index in [0.29, 0.717) is 31.1 Å². The van der Waals surface area contributed by atoms with Crippen LogP contribution in [0.3, 0.4) is 0 Å². The molecule has 1 saturated carbocycles. The minimum atomic E-state index is -0.292. The molecule has 1 atom stereocenters. The Morgan fingerprint density at radius 3 is 2.84 bits per heavy atom. The van der Waals surface area contributed by atoms with Gasteiger partial charge in [-0.1, -0.05) is 6.07 Å². The van der Waals surface area contributed by atoms with Gasteiger partial charge in [0.2, 0.25) is 11.8 Å². The van der Waals surface area contributed by atoms with Crippen molar-refractivity contribution < 1.29 is 14.6 Å². The van der Waals surface area contributed by atoms with Gasteiger partial charge >= 0.3 is 0 Å². The minimum absolute atomic E-state index is 0.0860. The molecule has 0 aromatic carbocycles. The van der Waals surface area contributed by atoms with E-state index < -0.39 is 0 Å². The van der Waals surface area contributed by atoms with Crippen LogP contribution in [0.4, 0.5) is 0 Å². The second-order valence-electron chi connectivity index (χ2n) is 6.26. The summed E-state index contributed by atoms with van der Waals surface area (Å²) in [6, 6.07) is 3.49. The monoisotopic (exact) mass is 346 g/mol. The molecule has 1 aliphatic rings. The quantitative estimate of drug-likeness (QED) is 0.746. The summed E-state index contributed by atoms with van der Waals surface area (Å²) in [7, 11) is 1.56. The first-order chi connectivity index (χ1) is 12.1. The highest BCUT2D eigenvalue weighted by molar-refractivity contribution is 5.76. The summed E-state index contributed by atoms with van der Waals surface area (Å²) < 4.78 is 6.67. The topological polar surface area (TPSA) is 115 Å². The van der Waals surface area contributed by atoms with Gasteiger partial charge in [-0.3, -0.25) is 4.79 Å². The molecule has 2 heterocycles. The van der Waals surface area contributed by atoms with Gasteiger partial charge in [0.1, 0.15) is 5.82 Å². The highest BCUT2D eigenvalue weighted by Gasteiger charge is 2.35. The fraction of sp³-hybridized carbons (Fsp3) is 0.562. The summed E-state index contributed by atoms with van der Waals surface area (Å²) in [5.74, 6) is 1.31. The molecule has 9 nitrogen and oxygen atoms in total. The Morgan fingerprint density at radius 2 is 2.28 bits per heavy atom.